The normalized spacial score (nSPS) is 27.4. The molecule has 3 aromatic carbocycles. The molecule has 69 heavy (non-hydrogen) atoms. The van der Waals surface area contributed by atoms with Crippen molar-refractivity contribution >= 4 is 50.0 Å². The number of allylic oxidation sites excluding steroid dienone is 4. The number of carboxylic acid groups (broad SMARTS) is 1. The molecule has 5 aromatic rings. The number of phenolic OH excluding ortho intramolecular Hbond substituents is 1. The van der Waals surface area contributed by atoms with Crippen LogP contribution >= 0.6 is 21.6 Å². The lowest BCUT2D eigenvalue weighted by Crippen LogP contribution is -2.75. The summed E-state index contributed by atoms with van der Waals surface area (Å²) < 4.78 is 24.0. The summed E-state index contributed by atoms with van der Waals surface area (Å²) in [7, 11) is 2.84. The minimum atomic E-state index is -2.68. The maximum absolute atomic E-state index is 13.9. The second-order valence-electron chi connectivity index (χ2n) is 17.7. The van der Waals surface area contributed by atoms with E-state index in [1.807, 2.05) is 18.5 Å². The number of aliphatic carboxylic acids is 1. The van der Waals surface area contributed by atoms with Crippen molar-refractivity contribution in [1.29, 1.82) is 0 Å². The van der Waals surface area contributed by atoms with Crippen LogP contribution in [-0.4, -0.2) is 110 Å². The summed E-state index contributed by atoms with van der Waals surface area (Å²) in [5.74, 6) is -2.70. The van der Waals surface area contributed by atoms with E-state index < -0.39 is 59.5 Å². The SMILES string of the molecule is CCCNCCC1C=CC(=CCC(C)C2CNC(O)C3(O)C(Oc4ccc5c(=O)c(-c6ccc(O)cc6)c(C(N)=O)oc5c4)OC(C(=O)O)C(O)C3OCSSCC2c2cc[nH]c2)c2ccccc21. The predicted molar refractivity (Wildman–Crippen MR) is 265 cm³/mol. The van der Waals surface area contributed by atoms with Gasteiger partial charge in [0.2, 0.25) is 17.5 Å². The number of nitrogens with two attached hydrogens (primary N) is 1. The van der Waals surface area contributed by atoms with Gasteiger partial charge in [-0.3, -0.25) is 14.9 Å². The first-order chi connectivity index (χ1) is 33.3. The molecular formula is C51H58N4O12S2. The molecule has 0 bridgehead atoms. The fourth-order valence-electron chi connectivity index (χ4n) is 9.58. The van der Waals surface area contributed by atoms with Crippen LogP contribution in [0.2, 0.25) is 0 Å². The van der Waals surface area contributed by atoms with Gasteiger partial charge in [-0.05, 0) is 108 Å². The first-order valence-corrected chi connectivity index (χ1v) is 25.5. The number of aromatic amines is 1. The summed E-state index contributed by atoms with van der Waals surface area (Å²) in [6.45, 7) is 6.38. The summed E-state index contributed by atoms with van der Waals surface area (Å²) in [5.41, 5.74) is 7.03. The molecule has 366 valence electrons. The number of aromatic nitrogens is 1. The minimum Gasteiger partial charge on any atom is -0.508 e. The van der Waals surface area contributed by atoms with Crippen LogP contribution in [0, 0.1) is 11.8 Å². The van der Waals surface area contributed by atoms with Crippen molar-refractivity contribution in [3.05, 3.63) is 136 Å². The Morgan fingerprint density at radius 3 is 2.61 bits per heavy atom. The molecule has 2 aliphatic heterocycles. The van der Waals surface area contributed by atoms with Crippen molar-refractivity contribution in [3.63, 3.8) is 0 Å². The van der Waals surface area contributed by atoms with Crippen LogP contribution in [0.3, 0.4) is 0 Å². The number of rotatable bonds is 14. The summed E-state index contributed by atoms with van der Waals surface area (Å²) in [5, 5.41) is 63.3. The van der Waals surface area contributed by atoms with Crippen LogP contribution in [0.15, 0.2) is 113 Å². The van der Waals surface area contributed by atoms with Gasteiger partial charge in [0.15, 0.2) is 11.7 Å². The van der Waals surface area contributed by atoms with Crippen molar-refractivity contribution < 1.29 is 53.7 Å². The topological polar surface area (TPSA) is 259 Å². The van der Waals surface area contributed by atoms with Crippen LogP contribution in [0.25, 0.3) is 27.7 Å². The quantitative estimate of drug-likeness (QED) is 0.0452. The molecule has 10 unspecified atom stereocenters. The van der Waals surface area contributed by atoms with E-state index in [2.05, 4.69) is 72.0 Å². The lowest BCUT2D eigenvalue weighted by Gasteiger charge is -2.50. The first kappa shape index (κ1) is 50.0. The molecule has 0 spiro atoms. The van der Waals surface area contributed by atoms with Gasteiger partial charge in [0.25, 0.3) is 5.91 Å². The van der Waals surface area contributed by atoms with Gasteiger partial charge in [0, 0.05) is 36.7 Å². The van der Waals surface area contributed by atoms with E-state index in [0.717, 1.165) is 37.1 Å². The molecule has 0 saturated carbocycles. The number of phenols is 1. The number of fused-ring (bicyclic) bond motifs is 3. The van der Waals surface area contributed by atoms with Crippen LogP contribution in [0.1, 0.15) is 72.2 Å². The molecule has 3 aliphatic rings. The molecule has 10 N–H and O–H groups in total. The van der Waals surface area contributed by atoms with Gasteiger partial charge >= 0.3 is 5.97 Å². The average Bonchev–Trinajstić information content (AvgIpc) is 3.88. The number of carboxylic acids is 1. The minimum absolute atomic E-state index is 0.00704. The number of amides is 1. The molecule has 10 atom stereocenters. The highest BCUT2D eigenvalue weighted by Crippen LogP contribution is 2.43. The Balaban J connectivity index is 1.10. The maximum atomic E-state index is 13.9. The zero-order valence-electron chi connectivity index (χ0n) is 38.2. The largest absolute Gasteiger partial charge is 0.508 e. The third kappa shape index (κ3) is 10.7. The Kier molecular flexibility index (Phi) is 16.0. The smallest absolute Gasteiger partial charge is 0.335 e. The molecule has 4 heterocycles. The van der Waals surface area contributed by atoms with Crippen molar-refractivity contribution in [3.8, 4) is 22.6 Å². The highest BCUT2D eigenvalue weighted by molar-refractivity contribution is 8.76. The first-order valence-electron chi connectivity index (χ1n) is 23.0. The molecule has 0 radical (unpaired) electrons. The van der Waals surface area contributed by atoms with E-state index in [1.165, 1.54) is 75.2 Å². The summed E-state index contributed by atoms with van der Waals surface area (Å²) in [6, 6.07) is 20.0. The van der Waals surface area contributed by atoms with Gasteiger partial charge in [-0.25, -0.2) is 4.79 Å². The molecule has 16 nitrogen and oxygen atoms in total. The summed E-state index contributed by atoms with van der Waals surface area (Å²) in [4.78, 5) is 42.3. The molecular weight excluding hydrogens is 925 g/mol. The van der Waals surface area contributed by atoms with E-state index in [9.17, 15) is 39.9 Å². The zero-order valence-corrected chi connectivity index (χ0v) is 39.8. The Morgan fingerprint density at radius 2 is 1.87 bits per heavy atom. The molecule has 18 heteroatoms. The summed E-state index contributed by atoms with van der Waals surface area (Å²) in [6.07, 6.45) is 3.64. The second-order valence-corrected chi connectivity index (χ2v) is 20.2. The van der Waals surface area contributed by atoms with Crippen molar-refractivity contribution in [1.82, 2.24) is 15.6 Å². The number of carbonyl (C=O) groups is 2. The fourth-order valence-corrected chi connectivity index (χ4v) is 11.6. The van der Waals surface area contributed by atoms with E-state index in [-0.39, 0.29) is 63.8 Å². The van der Waals surface area contributed by atoms with Gasteiger partial charge < -0.3 is 60.2 Å². The maximum Gasteiger partial charge on any atom is 0.335 e. The lowest BCUT2D eigenvalue weighted by atomic mass is 9.77. The third-order valence-electron chi connectivity index (χ3n) is 13.3. The molecule has 2 aromatic heterocycles. The van der Waals surface area contributed by atoms with Gasteiger partial charge in [-0.15, -0.1) is 0 Å². The van der Waals surface area contributed by atoms with Gasteiger partial charge in [-0.2, -0.15) is 0 Å². The Hall–Kier alpha value is -5.41. The molecule has 1 amide bonds. The van der Waals surface area contributed by atoms with Crippen molar-refractivity contribution in [2.45, 2.75) is 81.4 Å². The standard InChI is InChI=1S/C51H58N4O12S2/c1-3-20-53-21-18-30-11-10-29(35-6-4-5-7-36(30)35)9-8-28(2)38-25-55-49(62)51(63)46(64-27-69-68-26-39(38)32-19-22-54-24-32)43(58)45(48(60)61)67-50(51)65-34-16-17-37-40(23-34)66-44(47(52)59)41(42(37)57)31-12-14-33(56)15-13-31/h4-7,9-17,19,22-24,28,30,38-39,43,45-46,49-50,53-56,58,62-63H,3,8,18,20-21,25-27H2,1-2H3,(H2,52,59)(H,60,61). The van der Waals surface area contributed by atoms with E-state index in [4.69, 9.17) is 24.4 Å². The number of aliphatic hydroxyl groups is 3. The Morgan fingerprint density at radius 1 is 1.07 bits per heavy atom. The van der Waals surface area contributed by atoms with Gasteiger partial charge in [-0.1, -0.05) is 90.1 Å². The molecule has 2 fully saturated rings. The highest BCUT2D eigenvalue weighted by atomic mass is 33.1. The summed E-state index contributed by atoms with van der Waals surface area (Å²) >= 11 is 0. The van der Waals surface area contributed by atoms with E-state index >= 15 is 0 Å². The number of hydrogen-bond acceptors (Lipinski definition) is 15. The zero-order chi connectivity index (χ0) is 48.8. The van der Waals surface area contributed by atoms with Crippen LogP contribution in [0.4, 0.5) is 0 Å². The second kappa shape index (κ2) is 22.1. The van der Waals surface area contributed by atoms with Crippen molar-refractivity contribution in [2.24, 2.45) is 17.6 Å². The lowest BCUT2D eigenvalue weighted by molar-refractivity contribution is -0.342. The number of hydrogen-bond donors (Lipinski definition) is 9. The van der Waals surface area contributed by atoms with Crippen LogP contribution in [-0.2, 0) is 14.3 Å². The van der Waals surface area contributed by atoms with Crippen LogP contribution in [0.5, 0.6) is 11.5 Å². The van der Waals surface area contributed by atoms with Gasteiger partial charge in [0.05, 0.1) is 10.9 Å². The van der Waals surface area contributed by atoms with E-state index in [1.54, 1.807) is 0 Å². The number of benzene rings is 3. The molecule has 1 aliphatic carbocycles. The number of nitrogens with one attached hydrogen (secondary N) is 3. The van der Waals surface area contributed by atoms with Crippen LogP contribution < -0.4 is 26.5 Å². The fraction of sp³-hybridized carbons (Fsp3) is 0.392. The number of aromatic hydroxyl groups is 1. The number of H-pyrrole nitrogens is 1. The average molecular weight is 983 g/mol. The molecule has 8 rings (SSSR count). The monoisotopic (exact) mass is 982 g/mol. The molecule has 2 saturated heterocycles. The Bertz CT molecular complexity index is 2710. The number of aliphatic hydroxyl groups excluding tert-OH is 2. The number of carbonyl (C=O) groups excluding carboxylic acids is 1. The number of ether oxygens (including phenoxy) is 3. The Labute approximate surface area is 406 Å². The number of primary amides is 1. The van der Waals surface area contributed by atoms with Gasteiger partial charge in [0.1, 0.15) is 41.5 Å². The highest BCUT2D eigenvalue weighted by Gasteiger charge is 2.63. The predicted octanol–water partition coefficient (Wildman–Crippen LogP) is 6.07. The third-order valence-corrected chi connectivity index (χ3v) is 15.4. The van der Waals surface area contributed by atoms with E-state index in [0.29, 0.717) is 18.1 Å². The van der Waals surface area contributed by atoms with Crippen molar-refractivity contribution in [2.75, 3.05) is 31.3 Å².